The third-order valence-electron chi connectivity index (χ3n) is 5.33. The van der Waals surface area contributed by atoms with Crippen molar-refractivity contribution in [2.75, 3.05) is 13.1 Å². The summed E-state index contributed by atoms with van der Waals surface area (Å²) in [5, 5.41) is 0. The van der Waals surface area contributed by atoms with E-state index < -0.39 is 11.7 Å². The van der Waals surface area contributed by atoms with Crippen LogP contribution >= 0.6 is 0 Å². The highest BCUT2D eigenvalue weighted by molar-refractivity contribution is 6.43. The fourth-order valence-electron chi connectivity index (χ4n) is 4.27. The van der Waals surface area contributed by atoms with Crippen LogP contribution in [-0.2, 0) is 4.79 Å². The number of ketones is 1. The molecule has 4 nitrogen and oxygen atoms in total. The lowest BCUT2D eigenvalue weighted by molar-refractivity contribution is -0.129. The third-order valence-corrected chi connectivity index (χ3v) is 5.33. The predicted molar refractivity (Wildman–Crippen MR) is 107 cm³/mol. The second-order valence-electron chi connectivity index (χ2n) is 7.75. The average molecular weight is 360 g/mol. The number of amides is 1. The molecule has 1 aliphatic heterocycles. The van der Waals surface area contributed by atoms with Crippen molar-refractivity contribution in [1.82, 2.24) is 9.30 Å². The minimum Gasteiger partial charge on any atom is -0.335 e. The number of carbonyl (C=O) groups excluding carboxylic acids is 2. The van der Waals surface area contributed by atoms with Crippen molar-refractivity contribution >= 4 is 17.2 Å². The number of rotatable bonds is 3. The average Bonchev–Trinajstić information content (AvgIpc) is 3.06. The van der Waals surface area contributed by atoms with Gasteiger partial charge in [-0.3, -0.25) is 9.59 Å². The molecule has 1 saturated heterocycles. The van der Waals surface area contributed by atoms with Gasteiger partial charge in [-0.2, -0.15) is 0 Å². The molecule has 27 heavy (non-hydrogen) atoms. The molecular formula is C23H24N2O2. The summed E-state index contributed by atoms with van der Waals surface area (Å²) >= 11 is 0. The van der Waals surface area contributed by atoms with Gasteiger partial charge < -0.3 is 9.30 Å². The third kappa shape index (κ3) is 3.27. The first-order chi connectivity index (χ1) is 13.0. The molecule has 1 fully saturated rings. The first-order valence-electron chi connectivity index (χ1n) is 9.53. The van der Waals surface area contributed by atoms with Crippen LogP contribution in [0.5, 0.6) is 0 Å². The van der Waals surface area contributed by atoms with Gasteiger partial charge in [0, 0.05) is 30.4 Å². The van der Waals surface area contributed by atoms with Gasteiger partial charge in [-0.25, -0.2) is 0 Å². The lowest BCUT2D eigenvalue weighted by Crippen LogP contribution is -2.45. The molecule has 0 radical (unpaired) electrons. The molecule has 4 heteroatoms. The number of fused-ring (bicyclic) bond motifs is 1. The SMILES string of the molecule is C[C@@H]1C[C@H](C)CN(C(=O)C(=O)c2c(-c3ccccc3)cc3ccccn23)C1. The fraction of sp³-hybridized carbons (Fsp3) is 0.304. The summed E-state index contributed by atoms with van der Waals surface area (Å²) in [6, 6.07) is 17.5. The fourth-order valence-corrected chi connectivity index (χ4v) is 4.27. The van der Waals surface area contributed by atoms with Crippen LogP contribution in [0.2, 0.25) is 0 Å². The Bertz CT molecular complexity index is 980. The molecule has 2 aromatic heterocycles. The van der Waals surface area contributed by atoms with Gasteiger partial charge in [0.15, 0.2) is 0 Å². The van der Waals surface area contributed by atoms with Crippen LogP contribution in [0.15, 0.2) is 60.8 Å². The van der Waals surface area contributed by atoms with Crippen LogP contribution in [-0.4, -0.2) is 34.1 Å². The van der Waals surface area contributed by atoms with Crippen molar-refractivity contribution in [3.63, 3.8) is 0 Å². The van der Waals surface area contributed by atoms with Gasteiger partial charge in [0.1, 0.15) is 5.69 Å². The van der Waals surface area contributed by atoms with Crippen molar-refractivity contribution < 1.29 is 9.59 Å². The zero-order valence-corrected chi connectivity index (χ0v) is 15.8. The van der Waals surface area contributed by atoms with Crippen LogP contribution in [0.25, 0.3) is 16.6 Å². The molecule has 1 amide bonds. The maximum Gasteiger partial charge on any atom is 0.296 e. The van der Waals surface area contributed by atoms with Crippen LogP contribution in [0, 0.1) is 11.8 Å². The molecule has 1 aliphatic rings. The van der Waals surface area contributed by atoms with E-state index in [4.69, 9.17) is 0 Å². The summed E-state index contributed by atoms with van der Waals surface area (Å²) in [5.41, 5.74) is 3.11. The molecular weight excluding hydrogens is 336 g/mol. The summed E-state index contributed by atoms with van der Waals surface area (Å²) in [5.74, 6) is 0.0158. The first-order valence-corrected chi connectivity index (χ1v) is 9.53. The first kappa shape index (κ1) is 17.5. The molecule has 3 aromatic rings. The highest BCUT2D eigenvalue weighted by atomic mass is 16.2. The molecule has 0 bridgehead atoms. The van der Waals surface area contributed by atoms with Crippen molar-refractivity contribution in [3.8, 4) is 11.1 Å². The van der Waals surface area contributed by atoms with Gasteiger partial charge >= 0.3 is 0 Å². The smallest absolute Gasteiger partial charge is 0.296 e. The Hall–Kier alpha value is -2.88. The zero-order chi connectivity index (χ0) is 19.0. The van der Waals surface area contributed by atoms with Crippen LogP contribution < -0.4 is 0 Å². The second-order valence-corrected chi connectivity index (χ2v) is 7.75. The summed E-state index contributed by atoms with van der Waals surface area (Å²) < 4.78 is 1.83. The molecule has 2 atom stereocenters. The molecule has 0 saturated carbocycles. The van der Waals surface area contributed by atoms with Crippen molar-refractivity contribution in [2.24, 2.45) is 11.8 Å². The van der Waals surface area contributed by atoms with E-state index in [9.17, 15) is 9.59 Å². The second kappa shape index (κ2) is 7.03. The summed E-state index contributed by atoms with van der Waals surface area (Å²) in [6.07, 6.45) is 2.95. The van der Waals surface area contributed by atoms with E-state index in [1.165, 1.54) is 0 Å². The zero-order valence-electron chi connectivity index (χ0n) is 15.8. The van der Waals surface area contributed by atoms with E-state index in [1.54, 1.807) is 4.90 Å². The van der Waals surface area contributed by atoms with E-state index in [0.29, 0.717) is 30.6 Å². The maximum absolute atomic E-state index is 13.3. The Morgan fingerprint density at radius 1 is 0.926 bits per heavy atom. The molecule has 0 N–H and O–H groups in total. The molecule has 3 heterocycles. The normalized spacial score (nSPS) is 20.0. The van der Waals surface area contributed by atoms with Crippen LogP contribution in [0.4, 0.5) is 0 Å². The Morgan fingerprint density at radius 3 is 2.30 bits per heavy atom. The topological polar surface area (TPSA) is 41.8 Å². The molecule has 4 rings (SSSR count). The summed E-state index contributed by atoms with van der Waals surface area (Å²) in [4.78, 5) is 28.1. The maximum atomic E-state index is 13.3. The van der Waals surface area contributed by atoms with Crippen molar-refractivity contribution in [1.29, 1.82) is 0 Å². The van der Waals surface area contributed by atoms with Gasteiger partial charge in [0.05, 0.1) is 0 Å². The number of carbonyl (C=O) groups is 2. The number of pyridine rings is 1. The highest BCUT2D eigenvalue weighted by Gasteiger charge is 2.32. The summed E-state index contributed by atoms with van der Waals surface area (Å²) in [6.45, 7) is 5.59. The van der Waals surface area contributed by atoms with E-state index in [0.717, 1.165) is 23.1 Å². The van der Waals surface area contributed by atoms with E-state index in [-0.39, 0.29) is 0 Å². The minimum atomic E-state index is -0.429. The van der Waals surface area contributed by atoms with Gasteiger partial charge in [-0.05, 0) is 42.0 Å². The molecule has 0 spiro atoms. The number of aromatic nitrogens is 1. The van der Waals surface area contributed by atoms with Crippen molar-refractivity contribution in [3.05, 3.63) is 66.5 Å². The Balaban J connectivity index is 1.78. The number of piperidine rings is 1. The van der Waals surface area contributed by atoms with Gasteiger partial charge in [0.25, 0.3) is 11.7 Å². The van der Waals surface area contributed by atoms with Crippen molar-refractivity contribution in [2.45, 2.75) is 20.3 Å². The molecule has 0 unspecified atom stereocenters. The monoisotopic (exact) mass is 360 g/mol. The number of nitrogens with zero attached hydrogens (tertiary/aromatic N) is 2. The van der Waals surface area contributed by atoms with Gasteiger partial charge in [0.2, 0.25) is 0 Å². The number of Topliss-reactive ketones (excluding diaryl/α,β-unsaturated/α-hetero) is 1. The van der Waals surface area contributed by atoms with Gasteiger partial charge in [-0.1, -0.05) is 50.2 Å². The number of hydrogen-bond donors (Lipinski definition) is 0. The number of likely N-dealkylation sites (tertiary alicyclic amines) is 1. The number of benzene rings is 1. The van der Waals surface area contributed by atoms with E-state index in [2.05, 4.69) is 13.8 Å². The lowest BCUT2D eigenvalue weighted by Gasteiger charge is -2.34. The Kier molecular flexibility index (Phi) is 4.56. The quantitative estimate of drug-likeness (QED) is 0.516. The highest BCUT2D eigenvalue weighted by Crippen LogP contribution is 2.29. The number of hydrogen-bond acceptors (Lipinski definition) is 2. The van der Waals surface area contributed by atoms with E-state index >= 15 is 0 Å². The molecule has 0 aliphatic carbocycles. The lowest BCUT2D eigenvalue weighted by atomic mass is 9.91. The predicted octanol–water partition coefficient (Wildman–Crippen LogP) is 4.29. The standard InChI is InChI=1S/C23H24N2O2/c1-16-12-17(2)15-24(14-16)23(27)22(26)21-20(18-8-4-3-5-9-18)13-19-10-6-7-11-25(19)21/h3-11,13,16-17H,12,14-15H2,1-2H3/t16-,17+. The molecule has 1 aromatic carbocycles. The largest absolute Gasteiger partial charge is 0.335 e. The van der Waals surface area contributed by atoms with Crippen LogP contribution in [0.3, 0.4) is 0 Å². The Morgan fingerprint density at radius 2 is 1.59 bits per heavy atom. The minimum absolute atomic E-state index is 0.394. The van der Waals surface area contributed by atoms with E-state index in [1.807, 2.05) is 65.2 Å². The van der Waals surface area contributed by atoms with Gasteiger partial charge in [-0.15, -0.1) is 0 Å². The summed E-state index contributed by atoms with van der Waals surface area (Å²) in [7, 11) is 0. The molecule has 138 valence electrons. The van der Waals surface area contributed by atoms with Crippen LogP contribution in [0.1, 0.15) is 30.8 Å². The Labute approximate surface area is 159 Å².